The second-order valence-corrected chi connectivity index (χ2v) is 8.69. The van der Waals surface area contributed by atoms with Gasteiger partial charge in [0, 0.05) is 11.6 Å². The van der Waals surface area contributed by atoms with Gasteiger partial charge < -0.3 is 14.4 Å². The van der Waals surface area contributed by atoms with Gasteiger partial charge in [-0.05, 0) is 63.5 Å². The number of thiazole rings is 1. The molecule has 0 saturated heterocycles. The molecule has 3 aromatic rings. The van der Waals surface area contributed by atoms with Crippen LogP contribution >= 0.6 is 34.5 Å². The molecule has 0 N–H and O–H groups in total. The molecule has 0 radical (unpaired) electrons. The Labute approximate surface area is 189 Å². The van der Waals surface area contributed by atoms with Crippen molar-refractivity contribution in [3.05, 3.63) is 46.4 Å². The minimum Gasteiger partial charge on any atom is -0.494 e. The second kappa shape index (κ2) is 10.3. The van der Waals surface area contributed by atoms with Crippen LogP contribution in [0.1, 0.15) is 6.42 Å². The number of hydrogen-bond donors (Lipinski definition) is 0. The molecule has 6 nitrogen and oxygen atoms in total. The number of methoxy groups -OCH3 is 1. The standard InChI is InChI=1S/C21H23Cl2N3O3S/c1-25(2)11-4-12-26(18(27)13-29-15-7-5-14(22)6-8-15)21-24-19-17(28-3)10-9-16(23)20(19)30-21/h5-10H,4,11-13H2,1-3H3. The van der Waals surface area contributed by atoms with Crippen LogP contribution in [-0.2, 0) is 4.79 Å². The monoisotopic (exact) mass is 467 g/mol. The molecule has 30 heavy (non-hydrogen) atoms. The fourth-order valence-corrected chi connectivity index (χ4v) is 4.27. The Balaban J connectivity index is 1.84. The molecule has 0 fully saturated rings. The van der Waals surface area contributed by atoms with E-state index in [1.54, 1.807) is 48.4 Å². The summed E-state index contributed by atoms with van der Waals surface area (Å²) in [7, 11) is 5.58. The van der Waals surface area contributed by atoms with Gasteiger partial charge in [0.05, 0.1) is 16.8 Å². The highest BCUT2D eigenvalue weighted by atomic mass is 35.5. The number of amides is 1. The number of hydrogen-bond acceptors (Lipinski definition) is 6. The first-order valence-electron chi connectivity index (χ1n) is 9.35. The third-order valence-electron chi connectivity index (χ3n) is 4.36. The molecule has 0 aliphatic carbocycles. The van der Waals surface area contributed by atoms with Crippen molar-refractivity contribution in [2.75, 3.05) is 45.8 Å². The Morgan fingerprint density at radius 2 is 1.83 bits per heavy atom. The van der Waals surface area contributed by atoms with Gasteiger partial charge in [-0.1, -0.05) is 34.5 Å². The summed E-state index contributed by atoms with van der Waals surface area (Å²) in [5, 5.41) is 1.76. The van der Waals surface area contributed by atoms with Gasteiger partial charge in [-0.3, -0.25) is 9.69 Å². The molecule has 160 valence electrons. The van der Waals surface area contributed by atoms with E-state index in [2.05, 4.69) is 9.88 Å². The highest BCUT2D eigenvalue weighted by Gasteiger charge is 2.22. The van der Waals surface area contributed by atoms with E-state index in [4.69, 9.17) is 32.7 Å². The Morgan fingerprint density at radius 1 is 1.10 bits per heavy atom. The molecule has 0 spiro atoms. The molecule has 0 aliphatic rings. The summed E-state index contributed by atoms with van der Waals surface area (Å²) >= 11 is 13.6. The van der Waals surface area contributed by atoms with Gasteiger partial charge in [0.1, 0.15) is 17.0 Å². The zero-order valence-electron chi connectivity index (χ0n) is 17.0. The second-order valence-electron chi connectivity index (χ2n) is 6.87. The summed E-state index contributed by atoms with van der Waals surface area (Å²) in [5.74, 6) is 1.02. The maximum Gasteiger partial charge on any atom is 0.266 e. The Morgan fingerprint density at radius 3 is 2.50 bits per heavy atom. The van der Waals surface area contributed by atoms with E-state index in [0.717, 1.165) is 17.7 Å². The summed E-state index contributed by atoms with van der Waals surface area (Å²) < 4.78 is 11.9. The summed E-state index contributed by atoms with van der Waals surface area (Å²) in [4.78, 5) is 21.4. The molecule has 9 heteroatoms. The lowest BCUT2D eigenvalue weighted by Crippen LogP contribution is -2.36. The van der Waals surface area contributed by atoms with E-state index in [1.165, 1.54) is 11.3 Å². The average molecular weight is 468 g/mol. The smallest absolute Gasteiger partial charge is 0.266 e. The van der Waals surface area contributed by atoms with Crippen molar-refractivity contribution in [2.45, 2.75) is 6.42 Å². The molecule has 0 bridgehead atoms. The summed E-state index contributed by atoms with van der Waals surface area (Å²) in [6, 6.07) is 10.4. The molecule has 0 unspecified atom stereocenters. The third kappa shape index (κ3) is 5.55. The number of rotatable bonds is 9. The molecule has 1 aromatic heterocycles. The number of halogens is 2. The van der Waals surface area contributed by atoms with E-state index >= 15 is 0 Å². The first-order valence-corrected chi connectivity index (χ1v) is 10.9. The Bertz CT molecular complexity index is 1010. The van der Waals surface area contributed by atoms with Gasteiger partial charge in [-0.2, -0.15) is 0 Å². The third-order valence-corrected chi connectivity index (χ3v) is 6.15. The molecule has 1 amide bonds. The van der Waals surface area contributed by atoms with Gasteiger partial charge in [0.25, 0.3) is 5.91 Å². The first kappa shape index (κ1) is 22.6. The van der Waals surface area contributed by atoms with E-state index < -0.39 is 0 Å². The minimum atomic E-state index is -0.183. The van der Waals surface area contributed by atoms with Crippen molar-refractivity contribution in [1.82, 2.24) is 9.88 Å². The zero-order chi connectivity index (χ0) is 21.7. The average Bonchev–Trinajstić information content (AvgIpc) is 3.16. The number of carbonyl (C=O) groups excluding carboxylic acids is 1. The van der Waals surface area contributed by atoms with E-state index in [0.29, 0.717) is 38.7 Å². The Hall–Kier alpha value is -2.06. The van der Waals surface area contributed by atoms with E-state index in [9.17, 15) is 4.79 Å². The lowest BCUT2D eigenvalue weighted by Gasteiger charge is -2.21. The van der Waals surface area contributed by atoms with Crippen LogP contribution in [0.25, 0.3) is 10.2 Å². The van der Waals surface area contributed by atoms with Crippen LogP contribution in [0.5, 0.6) is 11.5 Å². The van der Waals surface area contributed by atoms with Crippen molar-refractivity contribution in [3.63, 3.8) is 0 Å². The van der Waals surface area contributed by atoms with Gasteiger partial charge in [-0.15, -0.1) is 0 Å². The topological polar surface area (TPSA) is 54.9 Å². The summed E-state index contributed by atoms with van der Waals surface area (Å²) in [6.45, 7) is 1.25. The van der Waals surface area contributed by atoms with Crippen molar-refractivity contribution in [2.24, 2.45) is 0 Å². The van der Waals surface area contributed by atoms with Gasteiger partial charge >= 0.3 is 0 Å². The van der Waals surface area contributed by atoms with Crippen LogP contribution < -0.4 is 14.4 Å². The predicted molar refractivity (Wildman–Crippen MR) is 124 cm³/mol. The number of fused-ring (bicyclic) bond motifs is 1. The van der Waals surface area contributed by atoms with Gasteiger partial charge in [0.2, 0.25) is 0 Å². The maximum atomic E-state index is 13.0. The maximum absolute atomic E-state index is 13.0. The SMILES string of the molecule is COc1ccc(Cl)c2sc(N(CCCN(C)C)C(=O)COc3ccc(Cl)cc3)nc12. The van der Waals surface area contributed by atoms with Crippen LogP contribution in [0.2, 0.25) is 10.0 Å². The van der Waals surface area contributed by atoms with Crippen molar-refractivity contribution in [3.8, 4) is 11.5 Å². The minimum absolute atomic E-state index is 0.107. The van der Waals surface area contributed by atoms with E-state index in [-0.39, 0.29) is 12.5 Å². The molecule has 0 atom stereocenters. The normalized spacial score (nSPS) is 11.1. The summed E-state index contributed by atoms with van der Waals surface area (Å²) in [5.41, 5.74) is 0.647. The zero-order valence-corrected chi connectivity index (χ0v) is 19.4. The fourth-order valence-electron chi connectivity index (χ4n) is 2.85. The first-order chi connectivity index (χ1) is 14.4. The number of benzene rings is 2. The summed E-state index contributed by atoms with van der Waals surface area (Å²) in [6.07, 6.45) is 0.792. The number of nitrogens with zero attached hydrogens (tertiary/aromatic N) is 3. The van der Waals surface area contributed by atoms with Gasteiger partial charge in [-0.25, -0.2) is 4.98 Å². The quantitative estimate of drug-likeness (QED) is 0.444. The Kier molecular flexibility index (Phi) is 7.77. The lowest BCUT2D eigenvalue weighted by atomic mass is 10.3. The highest BCUT2D eigenvalue weighted by Crippen LogP contribution is 2.38. The molecule has 3 rings (SSSR count). The molecular formula is C21H23Cl2N3O3S. The fraction of sp³-hybridized carbons (Fsp3) is 0.333. The van der Waals surface area contributed by atoms with Crippen LogP contribution in [0.15, 0.2) is 36.4 Å². The van der Waals surface area contributed by atoms with Crippen LogP contribution in [-0.4, -0.2) is 56.7 Å². The molecular weight excluding hydrogens is 445 g/mol. The van der Waals surface area contributed by atoms with Crippen molar-refractivity contribution < 1.29 is 14.3 Å². The number of ether oxygens (including phenoxy) is 2. The molecule has 0 aliphatic heterocycles. The molecule has 1 heterocycles. The molecule has 0 saturated carbocycles. The van der Waals surface area contributed by atoms with Crippen LogP contribution in [0.3, 0.4) is 0 Å². The highest BCUT2D eigenvalue weighted by molar-refractivity contribution is 7.23. The lowest BCUT2D eigenvalue weighted by molar-refractivity contribution is -0.120. The predicted octanol–water partition coefficient (Wildman–Crippen LogP) is 4.98. The van der Waals surface area contributed by atoms with Crippen LogP contribution in [0, 0.1) is 0 Å². The van der Waals surface area contributed by atoms with Crippen molar-refractivity contribution >= 4 is 55.8 Å². The number of carbonyl (C=O) groups is 1. The van der Waals surface area contributed by atoms with E-state index in [1.807, 2.05) is 14.1 Å². The number of aromatic nitrogens is 1. The van der Waals surface area contributed by atoms with Gasteiger partial charge in [0.15, 0.2) is 11.7 Å². The largest absolute Gasteiger partial charge is 0.494 e. The molecule has 2 aromatic carbocycles. The van der Waals surface area contributed by atoms with Crippen molar-refractivity contribution in [1.29, 1.82) is 0 Å². The van der Waals surface area contributed by atoms with Crippen LogP contribution in [0.4, 0.5) is 5.13 Å². The number of anilines is 1.